The minimum Gasteiger partial charge on any atom is -0.382 e. The molecule has 41 heavy (non-hydrogen) atoms. The number of aromatic amines is 1. The average Bonchev–Trinajstić information content (AvgIpc) is 3.32. The maximum Gasteiger partial charge on any atom is 0.362 e. The van der Waals surface area contributed by atoms with Crippen molar-refractivity contribution in [2.45, 2.75) is 33.1 Å². The van der Waals surface area contributed by atoms with Crippen molar-refractivity contribution < 1.29 is 18.8 Å². The van der Waals surface area contributed by atoms with Gasteiger partial charge in [-0.1, -0.05) is 30.2 Å². The number of benzene rings is 2. The summed E-state index contributed by atoms with van der Waals surface area (Å²) in [7, 11) is 0. The van der Waals surface area contributed by atoms with Gasteiger partial charge in [-0.2, -0.15) is 0 Å². The number of carbonyl (C=O) groups is 1. The number of H-pyrrole nitrogens is 1. The molecule has 0 spiro atoms. The third-order valence-electron chi connectivity index (χ3n) is 6.34. The molecule has 11 nitrogen and oxygen atoms in total. The van der Waals surface area contributed by atoms with Crippen LogP contribution in [0.3, 0.4) is 0 Å². The summed E-state index contributed by atoms with van der Waals surface area (Å²) in [6.45, 7) is 6.34. The number of para-hydroxylation sites is 1. The summed E-state index contributed by atoms with van der Waals surface area (Å²) >= 11 is 0. The maximum absolute atomic E-state index is 14.2. The van der Waals surface area contributed by atoms with Crippen LogP contribution in [0.2, 0.25) is 0 Å². The lowest BCUT2D eigenvalue weighted by molar-refractivity contribution is -0.577. The van der Waals surface area contributed by atoms with Crippen LogP contribution in [-0.2, 0) is 9.47 Å². The number of hydrogen-bond acceptors (Lipinski definition) is 7. The van der Waals surface area contributed by atoms with Gasteiger partial charge in [0.1, 0.15) is 18.2 Å². The molecule has 0 bridgehead atoms. The summed E-state index contributed by atoms with van der Waals surface area (Å²) < 4.78 is 14.1. The van der Waals surface area contributed by atoms with Crippen molar-refractivity contribution in [1.29, 1.82) is 0 Å². The van der Waals surface area contributed by atoms with Crippen LogP contribution < -0.4 is 21.1 Å². The van der Waals surface area contributed by atoms with Gasteiger partial charge < -0.3 is 20.5 Å². The number of ether oxygens (including phenoxy) is 2. The molecular formula is C30H30N7O4+. The van der Waals surface area contributed by atoms with E-state index in [1.54, 1.807) is 60.2 Å². The lowest BCUT2D eigenvalue weighted by Crippen LogP contribution is -2.34. The predicted octanol–water partition coefficient (Wildman–Crippen LogP) is 2.67. The number of fused-ring (bicyclic) bond motifs is 2. The molecule has 3 aromatic heterocycles. The van der Waals surface area contributed by atoms with Crippen LogP contribution in [0, 0.1) is 11.8 Å². The van der Waals surface area contributed by atoms with Gasteiger partial charge in [0.25, 0.3) is 11.5 Å². The summed E-state index contributed by atoms with van der Waals surface area (Å²) in [6, 6.07) is 15.4. The first-order chi connectivity index (χ1) is 19.9. The highest BCUT2D eigenvalue weighted by Gasteiger charge is 2.27. The second-order valence-electron chi connectivity index (χ2n) is 9.07. The number of aromatic nitrogens is 5. The molecule has 0 aliphatic rings. The highest BCUT2D eigenvalue weighted by Crippen LogP contribution is 2.21. The molecular weight excluding hydrogens is 522 g/mol. The van der Waals surface area contributed by atoms with E-state index in [0.29, 0.717) is 46.8 Å². The van der Waals surface area contributed by atoms with Gasteiger partial charge in [0.05, 0.1) is 22.6 Å². The molecule has 2 aromatic carbocycles. The van der Waals surface area contributed by atoms with Crippen molar-refractivity contribution in [2.24, 2.45) is 0 Å². The van der Waals surface area contributed by atoms with E-state index in [0.717, 1.165) is 0 Å². The average molecular weight is 553 g/mol. The van der Waals surface area contributed by atoms with E-state index in [9.17, 15) is 9.59 Å². The van der Waals surface area contributed by atoms with E-state index >= 15 is 0 Å². The lowest BCUT2D eigenvalue weighted by Gasteiger charge is -2.19. The summed E-state index contributed by atoms with van der Waals surface area (Å²) in [5.74, 6) is 6.06. The summed E-state index contributed by atoms with van der Waals surface area (Å²) in [6.07, 6.45) is 2.57. The largest absolute Gasteiger partial charge is 0.382 e. The smallest absolute Gasteiger partial charge is 0.362 e. The molecule has 11 heteroatoms. The van der Waals surface area contributed by atoms with Crippen molar-refractivity contribution in [3.05, 3.63) is 94.3 Å². The monoisotopic (exact) mass is 552 g/mol. The topological polar surface area (TPSA) is 141 Å². The molecule has 1 unspecified atom stereocenters. The molecule has 0 aliphatic heterocycles. The summed E-state index contributed by atoms with van der Waals surface area (Å²) in [4.78, 5) is 36.7. The van der Waals surface area contributed by atoms with Gasteiger partial charge >= 0.3 is 5.65 Å². The zero-order chi connectivity index (χ0) is 28.9. The zero-order valence-electron chi connectivity index (χ0n) is 22.9. The Morgan fingerprint density at radius 2 is 1.88 bits per heavy atom. The van der Waals surface area contributed by atoms with Crippen LogP contribution in [0.25, 0.3) is 22.2 Å². The molecule has 0 aliphatic carbocycles. The highest BCUT2D eigenvalue weighted by molar-refractivity contribution is 6.03. The molecule has 0 saturated carbocycles. The Bertz CT molecular complexity index is 1830. The normalized spacial score (nSPS) is 11.9. The first kappa shape index (κ1) is 27.5. The first-order valence-electron chi connectivity index (χ1n) is 13.2. The number of hydrogen-bond donors (Lipinski definition) is 3. The highest BCUT2D eigenvalue weighted by atomic mass is 16.7. The zero-order valence-corrected chi connectivity index (χ0v) is 22.9. The van der Waals surface area contributed by atoms with Gasteiger partial charge in [0, 0.05) is 24.8 Å². The number of anilines is 1. The molecule has 1 amide bonds. The summed E-state index contributed by atoms with van der Waals surface area (Å²) in [5, 5.41) is 6.19. The number of carbonyl (C=O) groups excluding carboxylic acids is 1. The van der Waals surface area contributed by atoms with E-state index in [1.807, 2.05) is 32.0 Å². The molecule has 4 N–H and O–H groups in total. The number of rotatable bonds is 8. The Hall–Kier alpha value is -5.05. The molecule has 1 atom stereocenters. The van der Waals surface area contributed by atoms with Crippen molar-refractivity contribution >= 4 is 28.3 Å². The quantitative estimate of drug-likeness (QED) is 0.153. The Balaban J connectivity index is 1.62. The van der Waals surface area contributed by atoms with Crippen LogP contribution in [0.1, 0.15) is 48.6 Å². The van der Waals surface area contributed by atoms with E-state index in [4.69, 9.17) is 20.2 Å². The van der Waals surface area contributed by atoms with Crippen LogP contribution in [-0.4, -0.2) is 45.0 Å². The fourth-order valence-corrected chi connectivity index (χ4v) is 4.55. The molecule has 208 valence electrons. The number of nitrogen functional groups attached to an aromatic ring is 1. The van der Waals surface area contributed by atoms with E-state index in [1.165, 1.54) is 4.57 Å². The Labute approximate surface area is 235 Å². The van der Waals surface area contributed by atoms with Gasteiger partial charge in [-0.15, -0.1) is 4.52 Å². The SMILES string of the molecule is CCOC(C#Cc1cccc2nc(C(C)NC(=O)c3c(N)[nH][n+]4cccnc34)n(-c3ccccc3)c(=O)c12)OCC. The fraction of sp³-hybridized carbons (Fsp3) is 0.233. The van der Waals surface area contributed by atoms with Gasteiger partial charge in [-0.05, 0) is 55.9 Å². The number of nitrogens with two attached hydrogens (primary N) is 1. The molecule has 5 rings (SSSR count). The second kappa shape index (κ2) is 12.0. The van der Waals surface area contributed by atoms with Crippen molar-refractivity contribution in [3.8, 4) is 17.5 Å². The summed E-state index contributed by atoms with van der Waals surface area (Å²) in [5.41, 5.74) is 7.89. The molecule has 5 aromatic rings. The molecule has 0 fully saturated rings. The standard InChI is InChI=1S/C30H29N7O4/c1-4-40-23(41-5-2)16-15-20-11-9-14-22-24(20)30(39)37(21-12-7-6-8-13-21)27(34-22)19(3)33-29(38)25-26(31)35-36-18-10-17-32-28(25)36/h6-14,17-19,23H,4-5H2,1-3H3,(H3,31,33,35,38)/p+1. The number of nitrogens with zero attached hydrogens (tertiary/aromatic N) is 4. The lowest BCUT2D eigenvalue weighted by atomic mass is 10.1. The Kier molecular flexibility index (Phi) is 8.05. The Morgan fingerprint density at radius 3 is 2.61 bits per heavy atom. The van der Waals surface area contributed by atoms with Gasteiger partial charge in [-0.25, -0.2) is 10.1 Å². The van der Waals surface area contributed by atoms with E-state index in [2.05, 4.69) is 27.2 Å². The third kappa shape index (κ3) is 5.51. The van der Waals surface area contributed by atoms with E-state index in [-0.39, 0.29) is 16.9 Å². The Morgan fingerprint density at radius 1 is 1.12 bits per heavy atom. The molecule has 3 heterocycles. The van der Waals surface area contributed by atoms with Gasteiger partial charge in [0.15, 0.2) is 11.4 Å². The fourth-order valence-electron chi connectivity index (χ4n) is 4.55. The predicted molar refractivity (Wildman–Crippen MR) is 153 cm³/mol. The maximum atomic E-state index is 14.2. The molecule has 0 radical (unpaired) electrons. The van der Waals surface area contributed by atoms with Gasteiger partial charge in [-0.3, -0.25) is 14.2 Å². The molecule has 0 saturated heterocycles. The van der Waals surface area contributed by atoms with Gasteiger partial charge in [0.2, 0.25) is 6.29 Å². The number of amides is 1. The van der Waals surface area contributed by atoms with E-state index < -0.39 is 18.2 Å². The van der Waals surface area contributed by atoms with Crippen molar-refractivity contribution in [3.63, 3.8) is 0 Å². The van der Waals surface area contributed by atoms with Crippen molar-refractivity contribution in [1.82, 2.24) is 25.0 Å². The number of nitrogens with one attached hydrogen (secondary N) is 2. The van der Waals surface area contributed by atoms with Crippen LogP contribution >= 0.6 is 0 Å². The van der Waals surface area contributed by atoms with Crippen molar-refractivity contribution in [2.75, 3.05) is 18.9 Å². The van der Waals surface area contributed by atoms with Crippen LogP contribution in [0.5, 0.6) is 0 Å². The van der Waals surface area contributed by atoms with Crippen LogP contribution in [0.15, 0.2) is 71.8 Å². The second-order valence-corrected chi connectivity index (χ2v) is 9.07. The minimum absolute atomic E-state index is 0.168. The first-order valence-corrected chi connectivity index (χ1v) is 13.2. The minimum atomic E-state index is -0.719. The third-order valence-corrected chi connectivity index (χ3v) is 6.34. The van der Waals surface area contributed by atoms with Crippen LogP contribution in [0.4, 0.5) is 5.82 Å².